The van der Waals surface area contributed by atoms with Gasteiger partial charge in [-0.05, 0) is 6.42 Å². The molecule has 1 aliphatic heterocycles. The Morgan fingerprint density at radius 3 is 2.29 bits per heavy atom. The Morgan fingerprint density at radius 2 is 1.76 bits per heavy atom. The minimum absolute atomic E-state index is 0.000910. The zero-order valence-corrected chi connectivity index (χ0v) is 11.9. The van der Waals surface area contributed by atoms with Crippen molar-refractivity contribution < 1.29 is 35.4 Å². The van der Waals surface area contributed by atoms with Crippen LogP contribution in [0.5, 0.6) is 0 Å². The van der Waals surface area contributed by atoms with Crippen LogP contribution in [0.3, 0.4) is 0 Å². The van der Waals surface area contributed by atoms with Crippen LogP contribution >= 0.6 is 0 Å². The van der Waals surface area contributed by atoms with Crippen LogP contribution in [0.4, 0.5) is 0 Å². The maximum Gasteiger partial charge on any atom is 0.137 e. The fourth-order valence-corrected chi connectivity index (χ4v) is 2.17. The number of hydrogen-bond acceptors (Lipinski definition) is 9. The minimum atomic E-state index is -1.48. The van der Waals surface area contributed by atoms with Crippen LogP contribution in [0.15, 0.2) is 0 Å². The summed E-state index contributed by atoms with van der Waals surface area (Å²) in [5.41, 5.74) is 5.71. The third-order valence-electron chi connectivity index (χ3n) is 3.70. The molecular weight excluding hydrogens is 284 g/mol. The Hall–Kier alpha value is -0.360. The highest BCUT2D eigenvalue weighted by molar-refractivity contribution is 4.92. The van der Waals surface area contributed by atoms with Crippen molar-refractivity contribution in [3.63, 3.8) is 0 Å². The van der Waals surface area contributed by atoms with E-state index < -0.39 is 55.5 Å². The Bertz CT molecular complexity index is 307. The number of aliphatic hydroxyl groups excluding tert-OH is 6. The van der Waals surface area contributed by atoms with E-state index in [9.17, 15) is 25.5 Å². The van der Waals surface area contributed by atoms with Gasteiger partial charge in [-0.15, -0.1) is 0 Å². The second-order valence-electron chi connectivity index (χ2n) is 5.29. The fraction of sp³-hybridized carbons (Fsp3) is 1.00. The predicted molar refractivity (Wildman–Crippen MR) is 72.0 cm³/mol. The molecule has 21 heavy (non-hydrogen) atoms. The van der Waals surface area contributed by atoms with Gasteiger partial charge in [0.05, 0.1) is 18.8 Å². The maximum atomic E-state index is 9.80. The molecule has 8 unspecified atom stereocenters. The van der Waals surface area contributed by atoms with Crippen LogP contribution in [0.2, 0.25) is 0 Å². The van der Waals surface area contributed by atoms with Crippen molar-refractivity contribution in [1.29, 1.82) is 0 Å². The standard InChI is InChI=1S/C12H26N2O7/c1-2-6(16)8(17)5(13)3-14-12-11(20)10(19)9(18)7(4-15)21-12/h5-12,14-20H,2-4,13H2,1H3. The number of nitrogens with one attached hydrogen (secondary N) is 1. The van der Waals surface area contributed by atoms with Gasteiger partial charge in [-0.3, -0.25) is 5.32 Å². The van der Waals surface area contributed by atoms with Gasteiger partial charge in [0.1, 0.15) is 30.6 Å². The summed E-state index contributed by atoms with van der Waals surface area (Å²) in [4.78, 5) is 0. The molecule has 1 rings (SSSR count). The molecule has 0 aromatic rings. The molecule has 126 valence electrons. The molecule has 8 atom stereocenters. The largest absolute Gasteiger partial charge is 0.394 e. The van der Waals surface area contributed by atoms with E-state index in [4.69, 9.17) is 15.6 Å². The molecule has 0 amide bonds. The van der Waals surface area contributed by atoms with Gasteiger partial charge in [-0.1, -0.05) is 6.92 Å². The summed E-state index contributed by atoms with van der Waals surface area (Å²) < 4.78 is 5.23. The Morgan fingerprint density at radius 1 is 1.14 bits per heavy atom. The molecule has 0 aromatic heterocycles. The monoisotopic (exact) mass is 310 g/mol. The van der Waals surface area contributed by atoms with Gasteiger partial charge in [0.15, 0.2) is 0 Å². The lowest BCUT2D eigenvalue weighted by atomic mass is 9.98. The van der Waals surface area contributed by atoms with E-state index in [1.54, 1.807) is 6.92 Å². The van der Waals surface area contributed by atoms with Crippen LogP contribution in [0.1, 0.15) is 13.3 Å². The first kappa shape index (κ1) is 18.7. The van der Waals surface area contributed by atoms with E-state index in [1.807, 2.05) is 0 Å². The molecule has 0 bridgehead atoms. The van der Waals surface area contributed by atoms with Gasteiger partial charge in [0.2, 0.25) is 0 Å². The van der Waals surface area contributed by atoms with Crippen LogP contribution in [0, 0.1) is 0 Å². The van der Waals surface area contributed by atoms with Gasteiger partial charge < -0.3 is 41.1 Å². The summed E-state index contributed by atoms with van der Waals surface area (Å²) in [6, 6.07) is -0.813. The van der Waals surface area contributed by atoms with Crippen molar-refractivity contribution >= 4 is 0 Å². The summed E-state index contributed by atoms with van der Waals surface area (Å²) in [6.45, 7) is 1.18. The summed E-state index contributed by atoms with van der Waals surface area (Å²) >= 11 is 0. The molecule has 1 fully saturated rings. The SMILES string of the molecule is CCC(O)C(O)C(N)CNC1OC(CO)C(O)C(O)C1O. The maximum absolute atomic E-state index is 9.80. The van der Waals surface area contributed by atoms with E-state index >= 15 is 0 Å². The van der Waals surface area contributed by atoms with Crippen molar-refractivity contribution in [1.82, 2.24) is 5.32 Å². The zero-order chi connectivity index (χ0) is 16.2. The number of aliphatic hydroxyl groups is 6. The van der Waals surface area contributed by atoms with Crippen LogP contribution < -0.4 is 11.1 Å². The Labute approximate surface area is 123 Å². The van der Waals surface area contributed by atoms with E-state index in [0.717, 1.165) is 0 Å². The smallest absolute Gasteiger partial charge is 0.137 e. The van der Waals surface area contributed by atoms with Crippen molar-refractivity contribution in [2.75, 3.05) is 13.2 Å². The quantitative estimate of drug-likeness (QED) is 0.232. The molecule has 0 radical (unpaired) electrons. The van der Waals surface area contributed by atoms with Crippen LogP contribution in [0.25, 0.3) is 0 Å². The summed E-state index contributed by atoms with van der Waals surface area (Å²) in [6.07, 6.45) is -8.15. The molecule has 1 aliphatic rings. The van der Waals surface area contributed by atoms with Crippen molar-refractivity contribution in [2.45, 2.75) is 62.2 Å². The average molecular weight is 310 g/mol. The Kier molecular flexibility index (Phi) is 7.40. The van der Waals surface area contributed by atoms with Gasteiger partial charge >= 0.3 is 0 Å². The molecule has 0 aromatic carbocycles. The van der Waals surface area contributed by atoms with Gasteiger partial charge in [0, 0.05) is 12.6 Å². The van der Waals surface area contributed by atoms with Crippen LogP contribution in [-0.4, -0.2) is 92.7 Å². The predicted octanol–water partition coefficient (Wildman–Crippen LogP) is -4.16. The van der Waals surface area contributed by atoms with Crippen LogP contribution in [-0.2, 0) is 4.74 Å². The normalized spacial score (nSPS) is 38.0. The van der Waals surface area contributed by atoms with E-state index in [2.05, 4.69) is 5.32 Å². The number of hydrogen-bond donors (Lipinski definition) is 8. The lowest BCUT2D eigenvalue weighted by molar-refractivity contribution is -0.236. The first-order valence-corrected chi connectivity index (χ1v) is 6.99. The number of ether oxygens (including phenoxy) is 1. The van der Waals surface area contributed by atoms with Gasteiger partial charge in [0.25, 0.3) is 0 Å². The fourth-order valence-electron chi connectivity index (χ4n) is 2.17. The van der Waals surface area contributed by atoms with E-state index in [-0.39, 0.29) is 6.54 Å². The third kappa shape index (κ3) is 4.55. The lowest BCUT2D eigenvalue weighted by Gasteiger charge is -2.40. The topological polar surface area (TPSA) is 169 Å². The summed E-state index contributed by atoms with van der Waals surface area (Å²) in [5.74, 6) is 0. The average Bonchev–Trinajstić information content (AvgIpc) is 2.50. The first-order chi connectivity index (χ1) is 9.83. The molecule has 0 spiro atoms. The lowest BCUT2D eigenvalue weighted by Crippen LogP contribution is -2.64. The number of rotatable bonds is 7. The molecule has 1 heterocycles. The first-order valence-electron chi connectivity index (χ1n) is 6.99. The van der Waals surface area contributed by atoms with E-state index in [1.165, 1.54) is 0 Å². The second-order valence-corrected chi connectivity index (χ2v) is 5.29. The molecule has 9 N–H and O–H groups in total. The number of nitrogens with two attached hydrogens (primary N) is 1. The van der Waals surface area contributed by atoms with Crippen molar-refractivity contribution in [3.05, 3.63) is 0 Å². The highest BCUT2D eigenvalue weighted by atomic mass is 16.6. The molecule has 0 aliphatic carbocycles. The second kappa shape index (κ2) is 8.32. The van der Waals surface area contributed by atoms with Crippen molar-refractivity contribution in [2.24, 2.45) is 5.73 Å². The Balaban J connectivity index is 2.53. The highest BCUT2D eigenvalue weighted by Gasteiger charge is 2.43. The van der Waals surface area contributed by atoms with Gasteiger partial charge in [-0.2, -0.15) is 0 Å². The summed E-state index contributed by atoms with van der Waals surface area (Å²) in [5, 5.41) is 60.0. The molecule has 0 saturated carbocycles. The van der Waals surface area contributed by atoms with Crippen molar-refractivity contribution in [3.8, 4) is 0 Å². The molecule has 9 nitrogen and oxygen atoms in total. The van der Waals surface area contributed by atoms with Gasteiger partial charge in [-0.25, -0.2) is 0 Å². The third-order valence-corrected chi connectivity index (χ3v) is 3.70. The minimum Gasteiger partial charge on any atom is -0.394 e. The zero-order valence-electron chi connectivity index (χ0n) is 11.9. The molecule has 1 saturated heterocycles. The molecular formula is C12H26N2O7. The highest BCUT2D eigenvalue weighted by Crippen LogP contribution is 2.19. The van der Waals surface area contributed by atoms with E-state index in [0.29, 0.717) is 6.42 Å². The molecule has 9 heteroatoms. The summed E-state index contributed by atoms with van der Waals surface area (Å²) in [7, 11) is 0.